The van der Waals surface area contributed by atoms with Gasteiger partial charge in [0.1, 0.15) is 0 Å². The minimum absolute atomic E-state index is 0.00673. The average Bonchev–Trinajstić information content (AvgIpc) is 2.26. The molecule has 0 aromatic heterocycles. The van der Waals surface area contributed by atoms with Crippen LogP contribution in [0.15, 0.2) is 29.2 Å². The van der Waals surface area contributed by atoms with E-state index >= 15 is 0 Å². The summed E-state index contributed by atoms with van der Waals surface area (Å²) in [6, 6.07) is 6.95. The van der Waals surface area contributed by atoms with Crippen LogP contribution in [0.4, 0.5) is 0 Å². The molecule has 0 saturated heterocycles. The molecule has 20 heavy (non-hydrogen) atoms. The molecule has 0 saturated carbocycles. The molecule has 1 unspecified atom stereocenters. The zero-order chi connectivity index (χ0) is 15.8. The van der Waals surface area contributed by atoms with Crippen LogP contribution in [-0.2, 0) is 15.3 Å². The van der Waals surface area contributed by atoms with Gasteiger partial charge in [0.15, 0.2) is 9.84 Å². The van der Waals surface area contributed by atoms with Crippen molar-refractivity contribution in [2.24, 2.45) is 5.41 Å². The number of sulfone groups is 1. The van der Waals surface area contributed by atoms with Gasteiger partial charge < -0.3 is 5.11 Å². The molecule has 0 amide bonds. The fraction of sp³-hybridized carbons (Fsp3) is 0.625. The molecule has 0 fully saturated rings. The Labute approximate surface area is 123 Å². The lowest BCUT2D eigenvalue weighted by molar-refractivity contribution is 0.0826. The van der Waals surface area contributed by atoms with Crippen molar-refractivity contribution in [2.75, 3.05) is 5.75 Å². The Morgan fingerprint density at radius 1 is 1.00 bits per heavy atom. The highest BCUT2D eigenvalue weighted by molar-refractivity contribution is 7.91. The normalized spacial score (nSPS) is 15.2. The highest BCUT2D eigenvalue weighted by Gasteiger charge is 2.28. The van der Waals surface area contributed by atoms with Crippen molar-refractivity contribution in [3.63, 3.8) is 0 Å². The first-order valence-corrected chi connectivity index (χ1v) is 8.50. The maximum atomic E-state index is 12.3. The smallest absolute Gasteiger partial charge is 0.180 e. The molecular formula is C16H26O3S. The summed E-state index contributed by atoms with van der Waals surface area (Å²) in [5, 5.41) is 9.99. The van der Waals surface area contributed by atoms with Crippen molar-refractivity contribution in [3.8, 4) is 0 Å². The maximum Gasteiger partial charge on any atom is 0.180 e. The van der Waals surface area contributed by atoms with E-state index in [1.807, 2.05) is 32.9 Å². The van der Waals surface area contributed by atoms with E-state index in [-0.39, 0.29) is 16.1 Å². The standard InChI is InChI=1S/C16H26O3S/c1-15(2,3)12-7-9-13(10-8-12)20(18,19)11-14(17)16(4,5)6/h7-10,14,17H,11H2,1-6H3. The molecule has 0 bridgehead atoms. The van der Waals surface area contributed by atoms with E-state index < -0.39 is 21.4 Å². The molecule has 0 radical (unpaired) electrons. The molecule has 114 valence electrons. The van der Waals surface area contributed by atoms with Crippen molar-refractivity contribution in [3.05, 3.63) is 29.8 Å². The first kappa shape index (κ1) is 17.2. The Morgan fingerprint density at radius 2 is 1.45 bits per heavy atom. The molecule has 4 heteroatoms. The second kappa shape index (κ2) is 5.49. The Morgan fingerprint density at radius 3 is 1.80 bits per heavy atom. The highest BCUT2D eigenvalue weighted by atomic mass is 32.2. The molecule has 1 aromatic carbocycles. The summed E-state index contributed by atoms with van der Waals surface area (Å²) in [4.78, 5) is 0.272. The topological polar surface area (TPSA) is 54.4 Å². The predicted molar refractivity (Wildman–Crippen MR) is 82.7 cm³/mol. The molecule has 3 nitrogen and oxygen atoms in total. The third-order valence-electron chi connectivity index (χ3n) is 3.46. The number of aliphatic hydroxyl groups is 1. The quantitative estimate of drug-likeness (QED) is 0.932. The molecule has 0 heterocycles. The molecule has 0 aliphatic rings. The summed E-state index contributed by atoms with van der Waals surface area (Å²) in [5.41, 5.74) is 0.638. The van der Waals surface area contributed by atoms with Gasteiger partial charge in [0.05, 0.1) is 16.8 Å². The van der Waals surface area contributed by atoms with Gasteiger partial charge >= 0.3 is 0 Å². The molecule has 0 aliphatic carbocycles. The van der Waals surface area contributed by atoms with Gasteiger partial charge in [-0.05, 0) is 28.5 Å². The number of benzene rings is 1. The van der Waals surface area contributed by atoms with Crippen LogP contribution < -0.4 is 0 Å². The van der Waals surface area contributed by atoms with Crippen LogP contribution in [-0.4, -0.2) is 25.4 Å². The molecule has 1 aromatic rings. The van der Waals surface area contributed by atoms with E-state index in [4.69, 9.17) is 0 Å². The van der Waals surface area contributed by atoms with Gasteiger partial charge in [-0.1, -0.05) is 53.7 Å². The SMILES string of the molecule is CC(C)(C)c1ccc(S(=O)(=O)CC(O)C(C)(C)C)cc1. The van der Waals surface area contributed by atoms with E-state index in [9.17, 15) is 13.5 Å². The number of aliphatic hydroxyl groups excluding tert-OH is 1. The van der Waals surface area contributed by atoms with Gasteiger partial charge in [0.25, 0.3) is 0 Å². The zero-order valence-corrected chi connectivity index (χ0v) is 14.1. The second-order valence-corrected chi connectivity index (χ2v) is 9.47. The Hall–Kier alpha value is -0.870. The lowest BCUT2D eigenvalue weighted by Crippen LogP contribution is -2.33. The van der Waals surface area contributed by atoms with Crippen LogP contribution in [0, 0.1) is 5.41 Å². The summed E-state index contributed by atoms with van der Waals surface area (Å²) in [5.74, 6) is -0.245. The van der Waals surface area contributed by atoms with Crippen molar-refractivity contribution in [1.82, 2.24) is 0 Å². The highest BCUT2D eigenvalue weighted by Crippen LogP contribution is 2.26. The van der Waals surface area contributed by atoms with Crippen LogP contribution in [0.2, 0.25) is 0 Å². The number of rotatable bonds is 3. The van der Waals surface area contributed by atoms with Crippen molar-refractivity contribution >= 4 is 9.84 Å². The van der Waals surface area contributed by atoms with E-state index in [0.29, 0.717) is 0 Å². The van der Waals surface area contributed by atoms with Gasteiger partial charge in [-0.15, -0.1) is 0 Å². The van der Waals surface area contributed by atoms with Crippen LogP contribution in [0.5, 0.6) is 0 Å². The number of hydrogen-bond donors (Lipinski definition) is 1. The number of hydrogen-bond acceptors (Lipinski definition) is 3. The van der Waals surface area contributed by atoms with Crippen LogP contribution >= 0.6 is 0 Å². The van der Waals surface area contributed by atoms with Gasteiger partial charge in [-0.25, -0.2) is 8.42 Å². The van der Waals surface area contributed by atoms with E-state index in [2.05, 4.69) is 20.8 Å². The molecule has 1 rings (SSSR count). The summed E-state index contributed by atoms with van der Waals surface area (Å²) in [6.45, 7) is 11.7. The maximum absolute atomic E-state index is 12.3. The summed E-state index contributed by atoms with van der Waals surface area (Å²) in [6.07, 6.45) is -0.880. The lowest BCUT2D eigenvalue weighted by atomic mass is 9.87. The summed E-state index contributed by atoms with van der Waals surface area (Å²) >= 11 is 0. The predicted octanol–water partition coefficient (Wildman–Crippen LogP) is 3.16. The van der Waals surface area contributed by atoms with E-state index in [0.717, 1.165) is 5.56 Å². The second-order valence-electron chi connectivity index (χ2n) is 7.44. The van der Waals surface area contributed by atoms with E-state index in [1.54, 1.807) is 12.1 Å². The fourth-order valence-corrected chi connectivity index (χ4v) is 3.38. The van der Waals surface area contributed by atoms with Gasteiger partial charge in [0, 0.05) is 0 Å². The van der Waals surface area contributed by atoms with Gasteiger partial charge in [-0.2, -0.15) is 0 Å². The van der Waals surface area contributed by atoms with Crippen LogP contribution in [0.3, 0.4) is 0 Å². The van der Waals surface area contributed by atoms with Crippen molar-refractivity contribution < 1.29 is 13.5 Å². The van der Waals surface area contributed by atoms with Gasteiger partial charge in [-0.3, -0.25) is 0 Å². The molecule has 1 atom stereocenters. The summed E-state index contributed by atoms with van der Waals surface area (Å²) in [7, 11) is -3.45. The Balaban J connectivity index is 3.00. The minimum atomic E-state index is -3.45. The van der Waals surface area contributed by atoms with Gasteiger partial charge in [0.2, 0.25) is 0 Å². The van der Waals surface area contributed by atoms with Crippen molar-refractivity contribution in [2.45, 2.75) is 58.0 Å². The molecule has 1 N–H and O–H groups in total. The largest absolute Gasteiger partial charge is 0.392 e. The first-order chi connectivity index (χ1) is 8.84. The first-order valence-electron chi connectivity index (χ1n) is 6.85. The lowest BCUT2D eigenvalue weighted by Gasteiger charge is -2.25. The monoisotopic (exact) mass is 298 g/mol. The minimum Gasteiger partial charge on any atom is -0.392 e. The Bertz CT molecular complexity index is 543. The zero-order valence-electron chi connectivity index (χ0n) is 13.3. The molecule has 0 spiro atoms. The van der Waals surface area contributed by atoms with E-state index in [1.165, 1.54) is 0 Å². The third-order valence-corrected chi connectivity index (χ3v) is 5.20. The van der Waals surface area contributed by atoms with Crippen LogP contribution in [0.1, 0.15) is 47.1 Å². The van der Waals surface area contributed by atoms with Crippen LogP contribution in [0.25, 0.3) is 0 Å². The average molecular weight is 298 g/mol. The van der Waals surface area contributed by atoms with Crippen molar-refractivity contribution in [1.29, 1.82) is 0 Å². The molecular weight excluding hydrogens is 272 g/mol. The third kappa shape index (κ3) is 4.32. The fourth-order valence-electron chi connectivity index (χ4n) is 1.72. The Kier molecular flexibility index (Phi) is 4.72. The molecule has 0 aliphatic heterocycles. The summed E-state index contributed by atoms with van der Waals surface area (Å²) < 4.78 is 24.6.